The molecule has 3 rings (SSSR count). The second kappa shape index (κ2) is 5.77. The van der Waals surface area contributed by atoms with Gasteiger partial charge in [-0.2, -0.15) is 0 Å². The molecule has 0 radical (unpaired) electrons. The highest BCUT2D eigenvalue weighted by atomic mass is 32.1. The molecule has 0 unspecified atom stereocenters. The first kappa shape index (κ1) is 14.5. The zero-order chi connectivity index (χ0) is 15.7. The maximum absolute atomic E-state index is 12.6. The fourth-order valence-corrected chi connectivity index (χ4v) is 3.16. The lowest BCUT2D eigenvalue weighted by molar-refractivity contribution is 0.0993. The van der Waals surface area contributed by atoms with Crippen LogP contribution in [-0.4, -0.2) is 25.0 Å². The molecular weight excluding hydrogens is 296 g/mol. The first-order valence-electron chi connectivity index (χ1n) is 6.88. The summed E-state index contributed by atoms with van der Waals surface area (Å²) in [5, 5.41) is 1.00. The van der Waals surface area contributed by atoms with Crippen molar-refractivity contribution in [2.45, 2.75) is 6.92 Å². The second-order valence-electron chi connectivity index (χ2n) is 4.98. The third-order valence-electron chi connectivity index (χ3n) is 3.51. The lowest BCUT2D eigenvalue weighted by Gasteiger charge is -2.17. The molecule has 0 saturated heterocycles. The number of amides is 1. The van der Waals surface area contributed by atoms with Crippen molar-refractivity contribution >= 4 is 33.1 Å². The van der Waals surface area contributed by atoms with Gasteiger partial charge in [0, 0.05) is 18.3 Å². The van der Waals surface area contributed by atoms with Crippen LogP contribution in [0.15, 0.2) is 42.5 Å². The van der Waals surface area contributed by atoms with Crippen LogP contribution in [-0.2, 0) is 0 Å². The number of hydrogen-bond donors (Lipinski definition) is 0. The highest BCUT2D eigenvalue weighted by Crippen LogP contribution is 2.25. The molecule has 0 fully saturated rings. The van der Waals surface area contributed by atoms with E-state index in [0.29, 0.717) is 5.56 Å². The van der Waals surface area contributed by atoms with Crippen LogP contribution in [0.25, 0.3) is 10.2 Å². The predicted octanol–water partition coefficient (Wildman–Crippen LogP) is 3.89. The Labute approximate surface area is 133 Å². The van der Waals surface area contributed by atoms with E-state index in [9.17, 15) is 4.79 Å². The van der Waals surface area contributed by atoms with Gasteiger partial charge in [-0.25, -0.2) is 4.98 Å². The fourth-order valence-electron chi connectivity index (χ4n) is 2.29. The van der Waals surface area contributed by atoms with Crippen molar-refractivity contribution in [1.29, 1.82) is 0 Å². The second-order valence-corrected chi connectivity index (χ2v) is 6.21. The van der Waals surface area contributed by atoms with Gasteiger partial charge in [0.1, 0.15) is 5.75 Å². The molecule has 0 N–H and O–H groups in total. The Bertz CT molecular complexity index is 824. The van der Waals surface area contributed by atoms with Gasteiger partial charge in [0.05, 0.1) is 22.3 Å². The van der Waals surface area contributed by atoms with Gasteiger partial charge in [-0.05, 0) is 49.4 Å². The molecule has 0 bridgehead atoms. The van der Waals surface area contributed by atoms with Gasteiger partial charge in [0.25, 0.3) is 5.91 Å². The average molecular weight is 312 g/mol. The minimum atomic E-state index is -0.0434. The number of methoxy groups -OCH3 is 1. The van der Waals surface area contributed by atoms with Crippen molar-refractivity contribution in [3.05, 3.63) is 53.0 Å². The minimum absolute atomic E-state index is 0.0434. The first-order valence-corrected chi connectivity index (χ1v) is 7.69. The molecular formula is C17H16N2O2S. The molecule has 1 aromatic heterocycles. The normalized spacial score (nSPS) is 10.7. The number of carbonyl (C=O) groups excluding carboxylic acids is 1. The third kappa shape index (κ3) is 2.67. The Hall–Kier alpha value is -2.40. The highest BCUT2D eigenvalue weighted by Gasteiger charge is 2.14. The number of carbonyl (C=O) groups is 1. The van der Waals surface area contributed by atoms with Crippen molar-refractivity contribution in [3.8, 4) is 5.75 Å². The molecule has 1 amide bonds. The first-order chi connectivity index (χ1) is 10.6. The van der Waals surface area contributed by atoms with E-state index in [-0.39, 0.29) is 5.91 Å². The van der Waals surface area contributed by atoms with E-state index in [1.165, 1.54) is 0 Å². The monoisotopic (exact) mass is 312 g/mol. The van der Waals surface area contributed by atoms with Gasteiger partial charge in [-0.3, -0.25) is 4.79 Å². The molecule has 0 spiro atoms. The molecule has 0 aliphatic rings. The minimum Gasteiger partial charge on any atom is -0.497 e. The fraction of sp³-hybridized carbons (Fsp3) is 0.176. The number of ether oxygens (including phenoxy) is 1. The summed E-state index contributed by atoms with van der Waals surface area (Å²) >= 11 is 1.60. The number of benzene rings is 2. The number of aromatic nitrogens is 1. The summed E-state index contributed by atoms with van der Waals surface area (Å²) in [6.45, 7) is 1.97. The van der Waals surface area contributed by atoms with Crippen LogP contribution in [0, 0.1) is 6.92 Å². The quantitative estimate of drug-likeness (QED) is 0.737. The SMILES string of the molecule is COc1ccc(N(C)C(=O)c2ccc3nc(C)sc3c2)cc1. The Morgan fingerprint density at radius 1 is 1.18 bits per heavy atom. The maximum atomic E-state index is 12.6. The summed E-state index contributed by atoms with van der Waals surface area (Å²) in [5.41, 5.74) is 2.42. The number of hydrogen-bond acceptors (Lipinski definition) is 4. The van der Waals surface area contributed by atoms with Crippen molar-refractivity contribution in [3.63, 3.8) is 0 Å². The zero-order valence-electron chi connectivity index (χ0n) is 12.7. The van der Waals surface area contributed by atoms with E-state index >= 15 is 0 Å². The largest absolute Gasteiger partial charge is 0.497 e. The van der Waals surface area contributed by atoms with E-state index < -0.39 is 0 Å². The topological polar surface area (TPSA) is 42.4 Å². The Kier molecular flexibility index (Phi) is 3.81. The molecule has 0 atom stereocenters. The maximum Gasteiger partial charge on any atom is 0.258 e. The number of fused-ring (bicyclic) bond motifs is 1. The van der Waals surface area contributed by atoms with Crippen LogP contribution in [0.1, 0.15) is 15.4 Å². The third-order valence-corrected chi connectivity index (χ3v) is 4.44. The van der Waals surface area contributed by atoms with E-state index in [0.717, 1.165) is 26.7 Å². The summed E-state index contributed by atoms with van der Waals surface area (Å²) in [6.07, 6.45) is 0. The summed E-state index contributed by atoms with van der Waals surface area (Å²) in [6, 6.07) is 13.0. The van der Waals surface area contributed by atoms with Gasteiger partial charge < -0.3 is 9.64 Å². The van der Waals surface area contributed by atoms with Gasteiger partial charge in [-0.1, -0.05) is 0 Å². The van der Waals surface area contributed by atoms with Crippen LogP contribution in [0.5, 0.6) is 5.75 Å². The van der Waals surface area contributed by atoms with E-state index in [1.807, 2.05) is 49.4 Å². The van der Waals surface area contributed by atoms with Crippen molar-refractivity contribution in [2.24, 2.45) is 0 Å². The smallest absolute Gasteiger partial charge is 0.258 e. The van der Waals surface area contributed by atoms with E-state index in [4.69, 9.17) is 4.74 Å². The highest BCUT2D eigenvalue weighted by molar-refractivity contribution is 7.18. The average Bonchev–Trinajstić information content (AvgIpc) is 2.92. The molecule has 2 aromatic carbocycles. The predicted molar refractivity (Wildman–Crippen MR) is 90.1 cm³/mol. The van der Waals surface area contributed by atoms with Gasteiger partial charge in [0.15, 0.2) is 0 Å². The lowest BCUT2D eigenvalue weighted by atomic mass is 10.1. The number of thiazole rings is 1. The molecule has 1 heterocycles. The number of anilines is 1. The molecule has 112 valence electrons. The Balaban J connectivity index is 1.89. The van der Waals surface area contributed by atoms with E-state index in [1.54, 1.807) is 30.4 Å². The van der Waals surface area contributed by atoms with Gasteiger partial charge >= 0.3 is 0 Å². The van der Waals surface area contributed by atoms with Gasteiger partial charge in [0.2, 0.25) is 0 Å². The molecule has 0 saturated carbocycles. The van der Waals surface area contributed by atoms with E-state index in [2.05, 4.69) is 4.98 Å². The van der Waals surface area contributed by atoms with Crippen LogP contribution < -0.4 is 9.64 Å². The Morgan fingerprint density at radius 3 is 2.59 bits per heavy atom. The number of rotatable bonds is 3. The van der Waals surface area contributed by atoms with Gasteiger partial charge in [-0.15, -0.1) is 11.3 Å². The van der Waals surface area contributed by atoms with Crippen LogP contribution in [0.2, 0.25) is 0 Å². The van der Waals surface area contributed by atoms with Crippen molar-refractivity contribution < 1.29 is 9.53 Å². The van der Waals surface area contributed by atoms with Crippen molar-refractivity contribution in [1.82, 2.24) is 4.98 Å². The standard InChI is InChI=1S/C17H16N2O2S/c1-11-18-15-9-4-12(10-16(15)22-11)17(20)19(2)13-5-7-14(21-3)8-6-13/h4-10H,1-3H3. The summed E-state index contributed by atoms with van der Waals surface area (Å²) in [7, 11) is 3.39. The molecule has 3 aromatic rings. The number of nitrogens with zero attached hydrogens (tertiary/aromatic N) is 2. The summed E-state index contributed by atoms with van der Waals surface area (Å²) in [4.78, 5) is 18.7. The summed E-state index contributed by atoms with van der Waals surface area (Å²) < 4.78 is 6.17. The van der Waals surface area contributed by atoms with Crippen LogP contribution >= 0.6 is 11.3 Å². The number of aryl methyl sites for hydroxylation is 1. The zero-order valence-corrected chi connectivity index (χ0v) is 13.5. The lowest BCUT2D eigenvalue weighted by Crippen LogP contribution is -2.26. The Morgan fingerprint density at radius 2 is 1.91 bits per heavy atom. The summed E-state index contributed by atoms with van der Waals surface area (Å²) in [5.74, 6) is 0.726. The van der Waals surface area contributed by atoms with Crippen molar-refractivity contribution in [2.75, 3.05) is 19.1 Å². The van der Waals surface area contributed by atoms with Crippen LogP contribution in [0.3, 0.4) is 0 Å². The molecule has 5 heteroatoms. The molecule has 4 nitrogen and oxygen atoms in total. The molecule has 22 heavy (non-hydrogen) atoms. The molecule has 0 aliphatic carbocycles. The van der Waals surface area contributed by atoms with Crippen LogP contribution in [0.4, 0.5) is 5.69 Å². The molecule has 0 aliphatic heterocycles.